The molecule has 0 aromatic heterocycles. The number of carboxylic acid groups (broad SMARTS) is 1. The van der Waals surface area contributed by atoms with E-state index in [0.29, 0.717) is 12.2 Å². The third-order valence-corrected chi connectivity index (χ3v) is 3.33. The highest BCUT2D eigenvalue weighted by atomic mass is 35.5. The van der Waals surface area contributed by atoms with Crippen LogP contribution in [0.3, 0.4) is 0 Å². The second kappa shape index (κ2) is 7.96. The number of hydrogen-bond donors (Lipinski definition) is 3. The summed E-state index contributed by atoms with van der Waals surface area (Å²) in [6.07, 6.45) is 2.16. The van der Waals surface area contributed by atoms with E-state index in [1.165, 1.54) is 23.9 Å². The third-order valence-electron chi connectivity index (χ3n) is 2.39. The molecule has 2 amide bonds. The van der Waals surface area contributed by atoms with Gasteiger partial charge in [0.05, 0.1) is 5.02 Å². The summed E-state index contributed by atoms with van der Waals surface area (Å²) >= 11 is 7.07. The molecule has 0 fully saturated rings. The highest BCUT2D eigenvalue weighted by molar-refractivity contribution is 7.98. The van der Waals surface area contributed by atoms with Crippen LogP contribution < -0.4 is 10.6 Å². The number of amides is 2. The molecule has 3 N–H and O–H groups in total. The number of urea groups is 1. The number of anilines is 1. The molecule has 110 valence electrons. The normalized spacial score (nSPS) is 11.8. The molecule has 0 saturated heterocycles. The minimum Gasteiger partial charge on any atom is -0.480 e. The van der Waals surface area contributed by atoms with E-state index >= 15 is 0 Å². The summed E-state index contributed by atoms with van der Waals surface area (Å²) in [4.78, 5) is 22.6. The van der Waals surface area contributed by atoms with Crippen molar-refractivity contribution in [3.63, 3.8) is 0 Å². The van der Waals surface area contributed by atoms with Gasteiger partial charge in [0.15, 0.2) is 0 Å². The van der Waals surface area contributed by atoms with Gasteiger partial charge in [0.2, 0.25) is 0 Å². The molecule has 1 aromatic rings. The Hall–Kier alpha value is -1.47. The van der Waals surface area contributed by atoms with Gasteiger partial charge in [0.25, 0.3) is 0 Å². The van der Waals surface area contributed by atoms with Gasteiger partial charge in [-0.3, -0.25) is 0 Å². The average Bonchev–Trinajstić information content (AvgIpc) is 2.38. The molecule has 0 aliphatic rings. The molecule has 0 aliphatic heterocycles. The van der Waals surface area contributed by atoms with Crippen LogP contribution in [0.4, 0.5) is 14.9 Å². The number of hydrogen-bond acceptors (Lipinski definition) is 3. The summed E-state index contributed by atoms with van der Waals surface area (Å²) in [5.74, 6) is -1.09. The Kier molecular flexibility index (Phi) is 6.60. The quantitative estimate of drug-likeness (QED) is 0.753. The van der Waals surface area contributed by atoms with Gasteiger partial charge in [-0.1, -0.05) is 11.6 Å². The molecular weight excluding hydrogens is 307 g/mol. The maximum absolute atomic E-state index is 13.0. The van der Waals surface area contributed by atoms with E-state index in [-0.39, 0.29) is 10.7 Å². The molecule has 1 rings (SSSR count). The predicted octanol–water partition coefficient (Wildman–Crippen LogP) is 2.81. The number of rotatable bonds is 6. The SMILES string of the molecule is CSCCC(NC(=O)Nc1ccc(F)c(Cl)c1)C(=O)O. The van der Waals surface area contributed by atoms with E-state index in [0.717, 1.165) is 6.07 Å². The molecule has 0 saturated carbocycles. The Balaban J connectivity index is 2.60. The van der Waals surface area contributed by atoms with Crippen molar-refractivity contribution in [2.24, 2.45) is 0 Å². The van der Waals surface area contributed by atoms with E-state index in [1.807, 2.05) is 6.26 Å². The summed E-state index contributed by atoms with van der Waals surface area (Å²) in [6.45, 7) is 0. The zero-order valence-corrected chi connectivity index (χ0v) is 12.2. The van der Waals surface area contributed by atoms with Gasteiger partial charge < -0.3 is 15.7 Å². The Morgan fingerprint density at radius 1 is 1.50 bits per heavy atom. The largest absolute Gasteiger partial charge is 0.480 e. The molecule has 5 nitrogen and oxygen atoms in total. The number of carbonyl (C=O) groups is 2. The first kappa shape index (κ1) is 16.6. The summed E-state index contributed by atoms with van der Waals surface area (Å²) < 4.78 is 13.0. The van der Waals surface area contributed by atoms with Crippen molar-refractivity contribution >= 4 is 41.1 Å². The van der Waals surface area contributed by atoms with Gasteiger partial charge in [0.1, 0.15) is 11.9 Å². The lowest BCUT2D eigenvalue weighted by atomic mass is 10.2. The third kappa shape index (κ3) is 5.26. The van der Waals surface area contributed by atoms with Gasteiger partial charge in [0, 0.05) is 5.69 Å². The van der Waals surface area contributed by atoms with E-state index in [9.17, 15) is 14.0 Å². The predicted molar refractivity (Wildman–Crippen MR) is 78.0 cm³/mol. The van der Waals surface area contributed by atoms with Crippen LogP contribution in [0.15, 0.2) is 18.2 Å². The molecule has 0 aliphatic carbocycles. The molecular formula is C12H14ClFN2O3S. The van der Waals surface area contributed by atoms with Crippen LogP contribution in [0.25, 0.3) is 0 Å². The Labute approximate surface area is 124 Å². The second-order valence-electron chi connectivity index (χ2n) is 3.90. The van der Waals surface area contributed by atoms with Crippen LogP contribution in [0.5, 0.6) is 0 Å². The fraction of sp³-hybridized carbons (Fsp3) is 0.333. The molecule has 0 radical (unpaired) electrons. The minimum absolute atomic E-state index is 0.125. The van der Waals surface area contributed by atoms with Gasteiger partial charge in [-0.25, -0.2) is 14.0 Å². The molecule has 0 spiro atoms. The molecule has 1 atom stereocenters. The average molecular weight is 321 g/mol. The molecule has 0 bridgehead atoms. The second-order valence-corrected chi connectivity index (χ2v) is 5.29. The van der Waals surface area contributed by atoms with Crippen LogP contribution in [0.1, 0.15) is 6.42 Å². The first-order chi connectivity index (χ1) is 9.43. The summed E-state index contributed by atoms with van der Waals surface area (Å²) in [5.41, 5.74) is 0.280. The minimum atomic E-state index is -1.11. The van der Waals surface area contributed by atoms with Crippen LogP contribution in [0, 0.1) is 5.82 Å². The lowest BCUT2D eigenvalue weighted by Crippen LogP contribution is -2.43. The zero-order chi connectivity index (χ0) is 15.1. The number of thioether (sulfide) groups is 1. The lowest BCUT2D eigenvalue weighted by molar-refractivity contribution is -0.139. The molecule has 1 unspecified atom stereocenters. The number of halogens is 2. The number of aliphatic carboxylic acids is 1. The molecule has 0 heterocycles. The van der Waals surface area contributed by atoms with E-state index in [2.05, 4.69) is 10.6 Å². The topological polar surface area (TPSA) is 78.4 Å². The van der Waals surface area contributed by atoms with E-state index in [4.69, 9.17) is 16.7 Å². The van der Waals surface area contributed by atoms with Gasteiger partial charge in [-0.15, -0.1) is 0 Å². The van der Waals surface area contributed by atoms with E-state index < -0.39 is 23.9 Å². The van der Waals surface area contributed by atoms with Gasteiger partial charge in [-0.2, -0.15) is 11.8 Å². The van der Waals surface area contributed by atoms with Crippen molar-refractivity contribution in [1.29, 1.82) is 0 Å². The highest BCUT2D eigenvalue weighted by Gasteiger charge is 2.19. The first-order valence-corrected chi connectivity index (χ1v) is 7.45. The number of benzene rings is 1. The standard InChI is InChI=1S/C12H14ClFN2O3S/c1-20-5-4-10(11(17)18)16-12(19)15-7-2-3-9(14)8(13)6-7/h2-3,6,10H,4-5H2,1H3,(H,17,18)(H2,15,16,19). The summed E-state index contributed by atoms with van der Waals surface area (Å²) in [5, 5.41) is 13.6. The van der Waals surface area contributed by atoms with Crippen molar-refractivity contribution in [2.45, 2.75) is 12.5 Å². The van der Waals surface area contributed by atoms with Gasteiger partial charge in [-0.05, 0) is 36.6 Å². The van der Waals surface area contributed by atoms with Crippen molar-refractivity contribution in [3.8, 4) is 0 Å². The first-order valence-electron chi connectivity index (χ1n) is 5.68. The fourth-order valence-electron chi connectivity index (χ4n) is 1.39. The van der Waals surface area contributed by atoms with Crippen molar-refractivity contribution in [3.05, 3.63) is 29.0 Å². The number of nitrogens with one attached hydrogen (secondary N) is 2. The Morgan fingerprint density at radius 3 is 2.75 bits per heavy atom. The van der Waals surface area contributed by atoms with Crippen molar-refractivity contribution in [1.82, 2.24) is 5.32 Å². The fourth-order valence-corrected chi connectivity index (χ4v) is 2.04. The molecule has 1 aromatic carbocycles. The van der Waals surface area contributed by atoms with Crippen molar-refractivity contribution < 1.29 is 19.1 Å². The monoisotopic (exact) mass is 320 g/mol. The maximum atomic E-state index is 13.0. The lowest BCUT2D eigenvalue weighted by Gasteiger charge is -2.14. The van der Waals surface area contributed by atoms with Crippen LogP contribution in [-0.2, 0) is 4.79 Å². The number of carbonyl (C=O) groups excluding carboxylic acids is 1. The van der Waals surface area contributed by atoms with Crippen LogP contribution in [-0.4, -0.2) is 35.2 Å². The smallest absolute Gasteiger partial charge is 0.326 e. The van der Waals surface area contributed by atoms with Crippen LogP contribution in [0.2, 0.25) is 5.02 Å². The molecule has 20 heavy (non-hydrogen) atoms. The summed E-state index contributed by atoms with van der Waals surface area (Å²) in [7, 11) is 0. The number of carboxylic acids is 1. The highest BCUT2D eigenvalue weighted by Crippen LogP contribution is 2.19. The summed E-state index contributed by atoms with van der Waals surface area (Å²) in [6, 6.07) is 2.03. The zero-order valence-electron chi connectivity index (χ0n) is 10.7. The van der Waals surface area contributed by atoms with Crippen molar-refractivity contribution in [2.75, 3.05) is 17.3 Å². The maximum Gasteiger partial charge on any atom is 0.326 e. The Bertz CT molecular complexity index is 502. The van der Waals surface area contributed by atoms with E-state index in [1.54, 1.807) is 0 Å². The van der Waals surface area contributed by atoms with Crippen LogP contribution >= 0.6 is 23.4 Å². The van der Waals surface area contributed by atoms with Gasteiger partial charge >= 0.3 is 12.0 Å². The Morgan fingerprint density at radius 2 is 2.20 bits per heavy atom. The molecule has 8 heteroatoms.